The molecule has 2 heterocycles. The highest BCUT2D eigenvalue weighted by molar-refractivity contribution is 6.37. The van der Waals surface area contributed by atoms with Crippen molar-refractivity contribution >= 4 is 58.8 Å². The Morgan fingerprint density at radius 3 is 1.41 bits per heavy atom. The number of hydrogen-bond acceptors (Lipinski definition) is 7. The molecule has 2 aliphatic heterocycles. The Morgan fingerprint density at radius 1 is 0.545 bits per heavy atom. The Morgan fingerprint density at radius 2 is 0.977 bits per heavy atom. The van der Waals surface area contributed by atoms with E-state index >= 15 is 0 Å². The molecule has 0 saturated carbocycles. The van der Waals surface area contributed by atoms with Gasteiger partial charge in [-0.25, -0.2) is 19.4 Å². The maximum absolute atomic E-state index is 13.0. The number of hydrogen-bond donors (Lipinski definition) is 2. The molecule has 0 fully saturated rings. The molecule has 0 bridgehead atoms. The second-order valence-corrected chi connectivity index (χ2v) is 9.79. The van der Waals surface area contributed by atoms with E-state index in [2.05, 4.69) is 0 Å². The number of carbonyl (C=O) groups is 7. The normalized spacial score (nSPS) is 13.9. The Labute approximate surface area is 247 Å². The van der Waals surface area contributed by atoms with E-state index in [1.807, 2.05) is 0 Å². The zero-order chi connectivity index (χ0) is 31.3. The second-order valence-electron chi connectivity index (χ2n) is 9.79. The third-order valence-electron chi connectivity index (χ3n) is 7.28. The molecule has 44 heavy (non-hydrogen) atoms. The number of carbonyl (C=O) groups excluding carboxylic acids is 5. The van der Waals surface area contributed by atoms with Crippen LogP contribution in [0.1, 0.15) is 78.1 Å². The maximum Gasteiger partial charge on any atom is 0.336 e. The molecule has 0 spiro atoms. The highest BCUT2D eigenvalue weighted by Crippen LogP contribution is 2.32. The summed E-state index contributed by atoms with van der Waals surface area (Å²) in [5, 5.41) is 18.8. The van der Waals surface area contributed by atoms with Gasteiger partial charge in [0.15, 0.2) is 5.78 Å². The number of anilines is 2. The van der Waals surface area contributed by atoms with Gasteiger partial charge in [-0.3, -0.25) is 24.0 Å². The van der Waals surface area contributed by atoms with Gasteiger partial charge in [-0.2, -0.15) is 0 Å². The molecule has 2 aliphatic rings. The van der Waals surface area contributed by atoms with Crippen LogP contribution in [0.3, 0.4) is 0 Å². The van der Waals surface area contributed by atoms with Crippen molar-refractivity contribution in [2.24, 2.45) is 0 Å². The van der Waals surface area contributed by atoms with Crippen molar-refractivity contribution in [1.29, 1.82) is 0 Å². The maximum atomic E-state index is 13.0. The van der Waals surface area contributed by atoms with Gasteiger partial charge in [0.1, 0.15) is 0 Å². The molecule has 0 aliphatic carbocycles. The lowest BCUT2D eigenvalue weighted by Crippen LogP contribution is -2.29. The number of amides is 4. The minimum Gasteiger partial charge on any atom is -0.478 e. The number of aromatic carboxylic acids is 2. The highest BCUT2D eigenvalue weighted by Gasteiger charge is 2.40. The molecule has 214 valence electrons. The second kappa shape index (κ2) is 10.4. The lowest BCUT2D eigenvalue weighted by molar-refractivity contribution is 0.0683. The lowest BCUT2D eigenvalue weighted by atomic mass is 10.0. The Kier molecular flexibility index (Phi) is 6.54. The van der Waals surface area contributed by atoms with Crippen LogP contribution in [0.2, 0.25) is 0 Å². The first-order valence-corrected chi connectivity index (χ1v) is 13.0. The molecule has 4 aromatic rings. The third-order valence-corrected chi connectivity index (χ3v) is 7.28. The van der Waals surface area contributed by atoms with Gasteiger partial charge in [-0.05, 0) is 72.3 Å². The minimum absolute atomic E-state index is 0.00324. The average Bonchev–Trinajstić information content (AvgIpc) is 3.44. The third kappa shape index (κ3) is 4.36. The lowest BCUT2D eigenvalue weighted by Gasteiger charge is -2.14. The number of nitrogens with zero attached hydrogens (tertiary/aromatic N) is 2. The van der Waals surface area contributed by atoms with Gasteiger partial charge in [0.2, 0.25) is 0 Å². The summed E-state index contributed by atoms with van der Waals surface area (Å²) in [4.78, 5) is 89.3. The fraction of sp³-hybridized carbons (Fsp3) is 0. The Hall–Kier alpha value is -6.49. The standard InChI is InChI=1S/C33H18N2O9/c36-25(18-10-14-20(15-11-18)35-29(38)22-4-2-6-24(33(43)44)27(22)31(35)40)16-9-17-7-12-19(13-8-17)34-28(37)21-3-1-5-23(32(41)42)26(21)30(34)39/h1-16H,(H,41,42)(H,43,44)/b16-9+. The van der Waals surface area contributed by atoms with Crippen LogP contribution in [-0.4, -0.2) is 51.6 Å². The van der Waals surface area contributed by atoms with Crippen molar-refractivity contribution in [3.63, 3.8) is 0 Å². The van der Waals surface area contributed by atoms with E-state index in [0.717, 1.165) is 9.80 Å². The molecule has 0 radical (unpaired) electrons. The summed E-state index contributed by atoms with van der Waals surface area (Å²) in [6, 6.07) is 19.9. The molecule has 2 N–H and O–H groups in total. The summed E-state index contributed by atoms with van der Waals surface area (Å²) < 4.78 is 0. The van der Waals surface area contributed by atoms with E-state index in [9.17, 15) is 43.8 Å². The van der Waals surface area contributed by atoms with Crippen LogP contribution >= 0.6 is 0 Å². The van der Waals surface area contributed by atoms with E-state index in [-0.39, 0.29) is 50.3 Å². The summed E-state index contributed by atoms with van der Waals surface area (Å²) in [5.74, 6) is -5.86. The van der Waals surface area contributed by atoms with Gasteiger partial charge < -0.3 is 10.2 Å². The number of allylic oxidation sites excluding steroid dienone is 1. The summed E-state index contributed by atoms with van der Waals surface area (Å²) in [6.07, 6.45) is 2.81. The molecule has 11 heteroatoms. The number of ketones is 1. The van der Waals surface area contributed by atoms with Gasteiger partial charge in [-0.15, -0.1) is 0 Å². The van der Waals surface area contributed by atoms with Crippen molar-refractivity contribution in [2.45, 2.75) is 0 Å². The first kappa shape index (κ1) is 27.7. The van der Waals surface area contributed by atoms with Crippen LogP contribution in [-0.2, 0) is 0 Å². The van der Waals surface area contributed by atoms with Crippen LogP contribution in [0.25, 0.3) is 6.08 Å². The number of carboxylic acid groups (broad SMARTS) is 2. The van der Waals surface area contributed by atoms with Crippen molar-refractivity contribution in [1.82, 2.24) is 0 Å². The Balaban J connectivity index is 1.16. The Bertz CT molecular complexity index is 2010. The first-order chi connectivity index (χ1) is 21.1. The minimum atomic E-state index is -1.33. The summed E-state index contributed by atoms with van der Waals surface area (Å²) in [7, 11) is 0. The van der Waals surface area contributed by atoms with Crippen LogP contribution in [0.15, 0.2) is 91.0 Å². The summed E-state index contributed by atoms with van der Waals surface area (Å²) in [6.45, 7) is 0. The molecular formula is C33H18N2O9. The summed E-state index contributed by atoms with van der Waals surface area (Å²) in [5.41, 5.74) is 0.329. The predicted octanol–water partition coefficient (Wildman–Crippen LogP) is 4.58. The van der Waals surface area contributed by atoms with Crippen LogP contribution < -0.4 is 9.80 Å². The van der Waals surface area contributed by atoms with Gasteiger partial charge in [0, 0.05) is 5.56 Å². The monoisotopic (exact) mass is 586 g/mol. The highest BCUT2D eigenvalue weighted by atomic mass is 16.4. The van der Waals surface area contributed by atoms with E-state index in [1.165, 1.54) is 84.9 Å². The number of carboxylic acids is 2. The van der Waals surface area contributed by atoms with Crippen LogP contribution in [0.4, 0.5) is 11.4 Å². The van der Waals surface area contributed by atoms with Gasteiger partial charge in [0.05, 0.1) is 44.8 Å². The zero-order valence-corrected chi connectivity index (χ0v) is 22.4. The zero-order valence-electron chi connectivity index (χ0n) is 22.4. The molecule has 11 nitrogen and oxygen atoms in total. The summed E-state index contributed by atoms with van der Waals surface area (Å²) >= 11 is 0. The van der Waals surface area contributed by atoms with Gasteiger partial charge in [-0.1, -0.05) is 30.3 Å². The van der Waals surface area contributed by atoms with E-state index in [4.69, 9.17) is 0 Å². The molecule has 4 amide bonds. The van der Waals surface area contributed by atoms with E-state index < -0.39 is 41.4 Å². The number of imide groups is 2. The fourth-order valence-corrected chi connectivity index (χ4v) is 5.17. The van der Waals surface area contributed by atoms with Gasteiger partial charge in [0.25, 0.3) is 23.6 Å². The number of benzene rings is 4. The smallest absolute Gasteiger partial charge is 0.336 e. The van der Waals surface area contributed by atoms with Crippen molar-refractivity contribution in [3.8, 4) is 0 Å². The molecule has 4 aromatic carbocycles. The molecular weight excluding hydrogens is 568 g/mol. The molecule has 0 atom stereocenters. The topological polar surface area (TPSA) is 166 Å². The number of rotatable bonds is 7. The quantitative estimate of drug-likeness (QED) is 0.179. The van der Waals surface area contributed by atoms with E-state index in [0.29, 0.717) is 5.56 Å². The molecule has 6 rings (SSSR count). The SMILES string of the molecule is O=C(/C=C/c1ccc(N2C(=O)c3cccc(C(=O)O)c3C2=O)cc1)c1ccc(N2C(=O)c3cccc(C(=O)O)c3C2=O)cc1. The fourth-order valence-electron chi connectivity index (χ4n) is 5.17. The van der Waals surface area contributed by atoms with Gasteiger partial charge >= 0.3 is 11.9 Å². The van der Waals surface area contributed by atoms with Crippen molar-refractivity contribution < 1.29 is 43.8 Å². The molecule has 0 saturated heterocycles. The largest absolute Gasteiger partial charge is 0.478 e. The van der Waals surface area contributed by atoms with E-state index in [1.54, 1.807) is 12.1 Å². The van der Waals surface area contributed by atoms with Crippen molar-refractivity contribution in [3.05, 3.63) is 136 Å². The average molecular weight is 587 g/mol. The molecule has 0 aromatic heterocycles. The predicted molar refractivity (Wildman–Crippen MR) is 155 cm³/mol. The van der Waals surface area contributed by atoms with Crippen LogP contribution in [0, 0.1) is 0 Å². The number of fused-ring (bicyclic) bond motifs is 2. The first-order valence-electron chi connectivity index (χ1n) is 13.0. The molecule has 0 unspecified atom stereocenters. The van der Waals surface area contributed by atoms with Crippen LogP contribution in [0.5, 0.6) is 0 Å². The van der Waals surface area contributed by atoms with Crippen molar-refractivity contribution in [2.75, 3.05) is 9.80 Å².